The third-order valence-electron chi connectivity index (χ3n) is 4.58. The van der Waals surface area contributed by atoms with E-state index in [-0.39, 0.29) is 11.8 Å². The Morgan fingerprint density at radius 3 is 1.81 bits per heavy atom. The van der Waals surface area contributed by atoms with Gasteiger partial charge < -0.3 is 10.1 Å². The van der Waals surface area contributed by atoms with Crippen LogP contribution in [-0.2, 0) is 4.79 Å². The molecule has 0 spiro atoms. The predicted octanol–water partition coefficient (Wildman–Crippen LogP) is 4.87. The minimum absolute atomic E-state index is 0.0350. The number of benzene rings is 3. The summed E-state index contributed by atoms with van der Waals surface area (Å²) >= 11 is 0. The maximum atomic E-state index is 13.0. The van der Waals surface area contributed by atoms with E-state index in [4.69, 9.17) is 4.74 Å². The molecule has 3 aromatic rings. The van der Waals surface area contributed by atoms with Crippen molar-refractivity contribution in [2.75, 3.05) is 12.4 Å². The van der Waals surface area contributed by atoms with Gasteiger partial charge in [-0.15, -0.1) is 0 Å². The number of hydrogen-bond acceptors (Lipinski definition) is 2. The normalized spacial score (nSPS) is 13.4. The third kappa shape index (κ3) is 3.00. The molecule has 0 saturated carbocycles. The first kappa shape index (κ1) is 16.2. The standard InChI is InChI=1S/C23H19NO2/c1-26-19-15-9-8-14-18(19)24-23(25)22-20(16-10-4-2-5-11-16)21(22)17-12-6-3-7-13-17/h2-15,22H,1H3,(H,24,25). The number of amides is 1. The zero-order chi connectivity index (χ0) is 17.9. The van der Waals surface area contributed by atoms with Crippen molar-refractivity contribution in [3.8, 4) is 5.75 Å². The van der Waals surface area contributed by atoms with Gasteiger partial charge in [-0.3, -0.25) is 4.79 Å². The van der Waals surface area contributed by atoms with Crippen LogP contribution in [0.3, 0.4) is 0 Å². The van der Waals surface area contributed by atoms with E-state index in [9.17, 15) is 4.79 Å². The highest BCUT2D eigenvalue weighted by molar-refractivity contribution is 6.26. The summed E-state index contributed by atoms with van der Waals surface area (Å²) in [7, 11) is 1.60. The van der Waals surface area contributed by atoms with Gasteiger partial charge in [0.25, 0.3) is 0 Å². The number of rotatable bonds is 5. The van der Waals surface area contributed by atoms with Gasteiger partial charge in [0, 0.05) is 0 Å². The predicted molar refractivity (Wildman–Crippen MR) is 105 cm³/mol. The van der Waals surface area contributed by atoms with Gasteiger partial charge in [0.15, 0.2) is 0 Å². The number of carbonyl (C=O) groups is 1. The number of nitrogens with one attached hydrogen (secondary N) is 1. The van der Waals surface area contributed by atoms with Crippen LogP contribution in [0, 0.1) is 5.92 Å². The van der Waals surface area contributed by atoms with Gasteiger partial charge in [-0.1, -0.05) is 72.8 Å². The Hall–Kier alpha value is -3.33. The molecule has 4 rings (SSSR count). The molecule has 0 fully saturated rings. The van der Waals surface area contributed by atoms with E-state index >= 15 is 0 Å². The summed E-state index contributed by atoms with van der Waals surface area (Å²) in [6.07, 6.45) is 0. The maximum Gasteiger partial charge on any atom is 0.236 e. The van der Waals surface area contributed by atoms with Gasteiger partial charge in [-0.25, -0.2) is 0 Å². The Balaban J connectivity index is 1.65. The smallest absolute Gasteiger partial charge is 0.236 e. The topological polar surface area (TPSA) is 38.3 Å². The molecule has 0 aliphatic heterocycles. The lowest BCUT2D eigenvalue weighted by Gasteiger charge is -2.10. The number of ether oxygens (including phenoxy) is 1. The Kier molecular flexibility index (Phi) is 4.28. The fourth-order valence-electron chi connectivity index (χ4n) is 3.32. The fraction of sp³-hybridized carbons (Fsp3) is 0.0870. The summed E-state index contributed by atoms with van der Waals surface area (Å²) in [5.74, 6) is 0.376. The van der Waals surface area contributed by atoms with Crippen molar-refractivity contribution in [1.29, 1.82) is 0 Å². The molecule has 3 nitrogen and oxygen atoms in total. The average molecular weight is 341 g/mol. The molecule has 26 heavy (non-hydrogen) atoms. The van der Waals surface area contributed by atoms with Crippen molar-refractivity contribution in [2.45, 2.75) is 0 Å². The molecule has 0 heterocycles. The first-order valence-electron chi connectivity index (χ1n) is 8.58. The Morgan fingerprint density at radius 1 is 0.769 bits per heavy atom. The molecule has 3 heteroatoms. The lowest BCUT2D eigenvalue weighted by atomic mass is 10.1. The minimum Gasteiger partial charge on any atom is -0.495 e. The zero-order valence-corrected chi connectivity index (χ0v) is 14.5. The van der Waals surface area contributed by atoms with Gasteiger partial charge in [0.05, 0.1) is 18.7 Å². The first-order chi connectivity index (χ1) is 12.8. The van der Waals surface area contributed by atoms with E-state index in [1.165, 1.54) is 0 Å². The average Bonchev–Trinajstić information content (AvgIpc) is 3.46. The molecule has 0 saturated heterocycles. The minimum atomic E-state index is -0.246. The van der Waals surface area contributed by atoms with Crippen molar-refractivity contribution in [2.24, 2.45) is 5.92 Å². The lowest BCUT2D eigenvalue weighted by Crippen LogP contribution is -2.16. The van der Waals surface area contributed by atoms with Gasteiger partial charge in [0.2, 0.25) is 5.91 Å². The molecule has 1 aliphatic rings. The number of para-hydroxylation sites is 2. The van der Waals surface area contributed by atoms with Gasteiger partial charge in [-0.2, -0.15) is 0 Å². The van der Waals surface area contributed by atoms with Crippen LogP contribution in [0.5, 0.6) is 5.75 Å². The van der Waals surface area contributed by atoms with Crippen LogP contribution in [0.2, 0.25) is 0 Å². The highest BCUT2D eigenvalue weighted by Gasteiger charge is 2.43. The second kappa shape index (κ2) is 6.89. The molecule has 128 valence electrons. The van der Waals surface area contributed by atoms with Gasteiger partial charge in [-0.05, 0) is 34.4 Å². The van der Waals surface area contributed by atoms with E-state index in [0.29, 0.717) is 11.4 Å². The van der Waals surface area contributed by atoms with Gasteiger partial charge in [0.1, 0.15) is 5.75 Å². The SMILES string of the molecule is COc1ccccc1NC(=O)C1C(c2ccccc2)=C1c1ccccc1. The molecule has 3 aromatic carbocycles. The molecule has 0 unspecified atom stereocenters. The number of carbonyl (C=O) groups excluding carboxylic acids is 1. The Labute approximate surface area is 152 Å². The van der Waals surface area contributed by atoms with Crippen molar-refractivity contribution < 1.29 is 9.53 Å². The van der Waals surface area contributed by atoms with Crippen LogP contribution in [0.1, 0.15) is 11.1 Å². The second-order valence-electron chi connectivity index (χ2n) is 6.18. The monoisotopic (exact) mass is 341 g/mol. The maximum absolute atomic E-state index is 13.0. The highest BCUT2D eigenvalue weighted by atomic mass is 16.5. The van der Waals surface area contributed by atoms with E-state index < -0.39 is 0 Å². The van der Waals surface area contributed by atoms with E-state index in [2.05, 4.69) is 29.6 Å². The summed E-state index contributed by atoms with van der Waals surface area (Å²) in [6, 6.07) is 27.6. The lowest BCUT2D eigenvalue weighted by molar-refractivity contribution is -0.116. The van der Waals surface area contributed by atoms with Crippen LogP contribution in [0.25, 0.3) is 11.1 Å². The van der Waals surface area contributed by atoms with Crippen LogP contribution >= 0.6 is 0 Å². The quantitative estimate of drug-likeness (QED) is 0.719. The summed E-state index contributed by atoms with van der Waals surface area (Å²) in [5, 5.41) is 3.02. The number of anilines is 1. The van der Waals surface area contributed by atoms with Crippen molar-refractivity contribution in [3.63, 3.8) is 0 Å². The van der Waals surface area contributed by atoms with Crippen molar-refractivity contribution in [3.05, 3.63) is 96.1 Å². The van der Waals surface area contributed by atoms with Crippen LogP contribution < -0.4 is 10.1 Å². The molecule has 1 aliphatic carbocycles. The fourth-order valence-corrected chi connectivity index (χ4v) is 3.32. The van der Waals surface area contributed by atoms with Crippen LogP contribution in [0.15, 0.2) is 84.9 Å². The van der Waals surface area contributed by atoms with E-state index in [1.54, 1.807) is 7.11 Å². The third-order valence-corrected chi connectivity index (χ3v) is 4.58. The molecule has 1 amide bonds. The van der Waals surface area contributed by atoms with Crippen LogP contribution in [0.4, 0.5) is 5.69 Å². The van der Waals surface area contributed by atoms with E-state index in [1.807, 2.05) is 60.7 Å². The molecule has 0 bridgehead atoms. The summed E-state index contributed by atoms with van der Waals surface area (Å²) < 4.78 is 5.34. The van der Waals surface area contributed by atoms with Crippen molar-refractivity contribution >= 4 is 22.7 Å². The number of hydrogen-bond donors (Lipinski definition) is 1. The summed E-state index contributed by atoms with van der Waals surface area (Å²) in [6.45, 7) is 0. The highest BCUT2D eigenvalue weighted by Crippen LogP contribution is 2.53. The molecule has 0 atom stereocenters. The largest absolute Gasteiger partial charge is 0.495 e. The van der Waals surface area contributed by atoms with Gasteiger partial charge >= 0.3 is 0 Å². The second-order valence-corrected chi connectivity index (χ2v) is 6.18. The molecule has 0 aromatic heterocycles. The first-order valence-corrected chi connectivity index (χ1v) is 8.58. The van der Waals surface area contributed by atoms with Crippen molar-refractivity contribution in [1.82, 2.24) is 0 Å². The molecule has 1 N–H and O–H groups in total. The number of methoxy groups -OCH3 is 1. The summed E-state index contributed by atoms with van der Waals surface area (Å²) in [4.78, 5) is 13.0. The Bertz CT molecular complexity index is 912. The Morgan fingerprint density at radius 2 is 1.27 bits per heavy atom. The molecular formula is C23H19NO2. The van der Waals surface area contributed by atoms with Crippen LogP contribution in [-0.4, -0.2) is 13.0 Å². The molecular weight excluding hydrogens is 322 g/mol. The zero-order valence-electron chi connectivity index (χ0n) is 14.5. The molecule has 0 radical (unpaired) electrons. The van der Waals surface area contributed by atoms with E-state index in [0.717, 1.165) is 22.3 Å². The summed E-state index contributed by atoms with van der Waals surface area (Å²) in [5.41, 5.74) is 5.04.